The van der Waals surface area contributed by atoms with E-state index in [2.05, 4.69) is 21.2 Å². The Bertz CT molecular complexity index is 610. The van der Waals surface area contributed by atoms with Gasteiger partial charge in [0.2, 0.25) is 0 Å². The molecule has 0 aliphatic carbocycles. The first-order chi connectivity index (χ1) is 8.78. The lowest BCUT2D eigenvalue weighted by Crippen LogP contribution is -2.36. The lowest BCUT2D eigenvalue weighted by molar-refractivity contribution is 0.0932. The van der Waals surface area contributed by atoms with E-state index < -0.39 is 39.0 Å². The van der Waals surface area contributed by atoms with Crippen molar-refractivity contribution < 1.29 is 22.0 Å². The van der Waals surface area contributed by atoms with Crippen LogP contribution < -0.4 is 5.32 Å². The van der Waals surface area contributed by atoms with Gasteiger partial charge in [0, 0.05) is 10.5 Å². The third kappa shape index (κ3) is 3.30. The van der Waals surface area contributed by atoms with Crippen molar-refractivity contribution in [3.63, 3.8) is 0 Å². The Labute approximate surface area is 117 Å². The number of carbonyl (C=O) groups is 1. The van der Waals surface area contributed by atoms with Crippen LogP contribution in [0.5, 0.6) is 0 Å². The van der Waals surface area contributed by atoms with Crippen LogP contribution in [-0.2, 0) is 9.84 Å². The molecule has 19 heavy (non-hydrogen) atoms. The highest BCUT2D eigenvalue weighted by Crippen LogP contribution is 2.20. The molecule has 0 bridgehead atoms. The zero-order chi connectivity index (χ0) is 14.2. The summed E-state index contributed by atoms with van der Waals surface area (Å²) in [6, 6.07) is 1.35. The number of hydrogen-bond acceptors (Lipinski definition) is 3. The topological polar surface area (TPSA) is 63.2 Å². The molecule has 0 saturated carbocycles. The summed E-state index contributed by atoms with van der Waals surface area (Å²) in [6.07, 6.45) is 0.258. The van der Waals surface area contributed by atoms with Crippen molar-refractivity contribution in [2.45, 2.75) is 12.5 Å². The first kappa shape index (κ1) is 14.4. The Morgan fingerprint density at radius 2 is 1.89 bits per heavy atom. The van der Waals surface area contributed by atoms with Crippen molar-refractivity contribution in [1.82, 2.24) is 5.32 Å². The summed E-state index contributed by atoms with van der Waals surface area (Å²) in [5.41, 5.74) is -0.701. The van der Waals surface area contributed by atoms with Crippen LogP contribution >= 0.6 is 15.9 Å². The third-order valence-electron chi connectivity index (χ3n) is 2.80. The smallest absolute Gasteiger partial charge is 0.257 e. The number of hydrogen-bond donors (Lipinski definition) is 1. The number of nitrogens with one attached hydrogen (secondary N) is 1. The minimum atomic E-state index is -3.16. The summed E-state index contributed by atoms with van der Waals surface area (Å²) in [7, 11) is -3.16. The first-order valence-electron chi connectivity index (χ1n) is 5.44. The molecule has 1 amide bonds. The number of amides is 1. The second-order valence-electron chi connectivity index (χ2n) is 4.32. The fourth-order valence-corrected chi connectivity index (χ4v) is 4.00. The number of carbonyl (C=O) groups excluding carboxylic acids is 1. The Morgan fingerprint density at radius 3 is 2.37 bits per heavy atom. The maximum absolute atomic E-state index is 13.5. The molecule has 1 unspecified atom stereocenters. The molecule has 1 saturated heterocycles. The number of rotatable bonds is 2. The first-order valence-corrected chi connectivity index (χ1v) is 8.06. The largest absolute Gasteiger partial charge is 0.348 e. The zero-order valence-electron chi connectivity index (χ0n) is 9.62. The van der Waals surface area contributed by atoms with E-state index in [4.69, 9.17) is 0 Å². The van der Waals surface area contributed by atoms with Crippen LogP contribution in [0.4, 0.5) is 8.78 Å². The number of benzene rings is 1. The van der Waals surface area contributed by atoms with Crippen molar-refractivity contribution in [2.75, 3.05) is 11.5 Å². The highest BCUT2D eigenvalue weighted by molar-refractivity contribution is 9.10. The van der Waals surface area contributed by atoms with Gasteiger partial charge >= 0.3 is 0 Å². The van der Waals surface area contributed by atoms with Crippen LogP contribution in [0.1, 0.15) is 16.8 Å². The van der Waals surface area contributed by atoms with Gasteiger partial charge < -0.3 is 5.32 Å². The molecule has 1 atom stereocenters. The van der Waals surface area contributed by atoms with E-state index in [-0.39, 0.29) is 22.4 Å². The number of sulfone groups is 1. The van der Waals surface area contributed by atoms with Gasteiger partial charge in [0.1, 0.15) is 17.2 Å². The molecule has 1 aromatic carbocycles. The van der Waals surface area contributed by atoms with Crippen LogP contribution in [0, 0.1) is 11.6 Å². The van der Waals surface area contributed by atoms with E-state index in [1.807, 2.05) is 0 Å². The predicted molar refractivity (Wildman–Crippen MR) is 68.6 cm³/mol. The Morgan fingerprint density at radius 1 is 1.32 bits per heavy atom. The van der Waals surface area contributed by atoms with Crippen molar-refractivity contribution in [2.24, 2.45) is 0 Å². The lowest BCUT2D eigenvalue weighted by atomic mass is 10.1. The van der Waals surface area contributed by atoms with Gasteiger partial charge in [-0.05, 0) is 18.6 Å². The molecule has 0 aromatic heterocycles. The average Bonchev–Trinajstić information content (AvgIpc) is 2.56. The standard InChI is InChI=1S/C11H10BrF2NO3S/c12-6-3-8(13)10(9(14)4-6)11(16)15-7-1-2-19(17,18)5-7/h3-4,7H,1-2,5H2,(H,15,16). The maximum atomic E-state index is 13.5. The quantitative estimate of drug-likeness (QED) is 0.879. The SMILES string of the molecule is O=C(NC1CCS(=O)(=O)C1)c1c(F)cc(Br)cc1F. The predicted octanol–water partition coefficient (Wildman–Crippen LogP) is 1.64. The second kappa shape index (κ2) is 5.16. The van der Waals surface area contributed by atoms with Crippen LogP contribution in [0.25, 0.3) is 0 Å². The maximum Gasteiger partial charge on any atom is 0.257 e. The molecule has 1 aliphatic heterocycles. The van der Waals surface area contributed by atoms with Crippen molar-refractivity contribution >= 4 is 31.7 Å². The molecule has 8 heteroatoms. The average molecular weight is 354 g/mol. The van der Waals surface area contributed by atoms with E-state index in [0.717, 1.165) is 12.1 Å². The van der Waals surface area contributed by atoms with Gasteiger partial charge in [-0.25, -0.2) is 17.2 Å². The Kier molecular flexibility index (Phi) is 3.91. The summed E-state index contributed by atoms with van der Waals surface area (Å²) in [5, 5.41) is 2.34. The van der Waals surface area contributed by atoms with Gasteiger partial charge in [0.05, 0.1) is 11.5 Å². The highest BCUT2D eigenvalue weighted by Gasteiger charge is 2.30. The van der Waals surface area contributed by atoms with Gasteiger partial charge in [0.15, 0.2) is 9.84 Å². The molecule has 1 heterocycles. The van der Waals surface area contributed by atoms with E-state index in [1.165, 1.54) is 0 Å². The van der Waals surface area contributed by atoms with E-state index >= 15 is 0 Å². The molecular formula is C11H10BrF2NO3S. The van der Waals surface area contributed by atoms with Gasteiger partial charge in [-0.15, -0.1) is 0 Å². The van der Waals surface area contributed by atoms with Crippen LogP contribution in [0.3, 0.4) is 0 Å². The lowest BCUT2D eigenvalue weighted by Gasteiger charge is -2.12. The summed E-state index contributed by atoms with van der Waals surface area (Å²) in [6.45, 7) is 0. The molecule has 1 aliphatic rings. The van der Waals surface area contributed by atoms with Crippen molar-refractivity contribution in [3.8, 4) is 0 Å². The fourth-order valence-electron chi connectivity index (χ4n) is 1.93. The molecule has 1 aromatic rings. The van der Waals surface area contributed by atoms with Crippen LogP contribution in [0.2, 0.25) is 0 Å². The molecule has 0 spiro atoms. The van der Waals surface area contributed by atoms with Crippen LogP contribution in [-0.4, -0.2) is 31.9 Å². The molecular weight excluding hydrogens is 344 g/mol. The monoisotopic (exact) mass is 353 g/mol. The van der Waals surface area contributed by atoms with Gasteiger partial charge in [0.25, 0.3) is 5.91 Å². The van der Waals surface area contributed by atoms with Crippen molar-refractivity contribution in [1.29, 1.82) is 0 Å². The number of halogens is 3. The van der Waals surface area contributed by atoms with Gasteiger partial charge in [-0.1, -0.05) is 15.9 Å². The normalized spacial score (nSPS) is 21.3. The van der Waals surface area contributed by atoms with Crippen LogP contribution in [0.15, 0.2) is 16.6 Å². The molecule has 0 radical (unpaired) electrons. The zero-order valence-corrected chi connectivity index (χ0v) is 12.0. The van der Waals surface area contributed by atoms with E-state index in [1.54, 1.807) is 0 Å². The van der Waals surface area contributed by atoms with E-state index in [0.29, 0.717) is 0 Å². The van der Waals surface area contributed by atoms with E-state index in [9.17, 15) is 22.0 Å². The summed E-state index contributed by atoms with van der Waals surface area (Å²) >= 11 is 2.91. The van der Waals surface area contributed by atoms with Gasteiger partial charge in [-0.2, -0.15) is 0 Å². The fraction of sp³-hybridized carbons (Fsp3) is 0.364. The molecule has 2 rings (SSSR count). The summed E-state index contributed by atoms with van der Waals surface area (Å²) < 4.78 is 49.7. The molecule has 104 valence electrons. The minimum Gasteiger partial charge on any atom is -0.348 e. The Hall–Kier alpha value is -1.02. The van der Waals surface area contributed by atoms with Gasteiger partial charge in [-0.3, -0.25) is 4.79 Å². The molecule has 1 fully saturated rings. The minimum absolute atomic E-state index is 0.0246. The highest BCUT2D eigenvalue weighted by atomic mass is 79.9. The summed E-state index contributed by atoms with van der Waals surface area (Å²) in [4.78, 5) is 11.8. The van der Waals surface area contributed by atoms with Crippen molar-refractivity contribution in [3.05, 3.63) is 33.8 Å². The Balaban J connectivity index is 2.18. The second-order valence-corrected chi connectivity index (χ2v) is 7.46. The molecule has 1 N–H and O–H groups in total. The summed E-state index contributed by atoms with van der Waals surface area (Å²) in [5.74, 6) is -3.15. The molecule has 4 nitrogen and oxygen atoms in total. The third-order valence-corrected chi connectivity index (χ3v) is 5.03.